The molecular formula is C26H30N2O4. The van der Waals surface area contributed by atoms with Crippen LogP contribution in [0.15, 0.2) is 72.8 Å². The maximum Gasteiger partial charge on any atom is 0.238 e. The number of methoxy groups -OCH3 is 1. The molecule has 0 aromatic heterocycles. The minimum atomic E-state index is -0.103. The summed E-state index contributed by atoms with van der Waals surface area (Å²) in [5, 5.41) is 2.98. The molecule has 0 fully saturated rings. The van der Waals surface area contributed by atoms with Crippen molar-refractivity contribution in [2.75, 3.05) is 32.1 Å². The average molecular weight is 435 g/mol. The number of hydrogen-bond donors (Lipinski definition) is 1. The molecule has 0 saturated carbocycles. The molecule has 32 heavy (non-hydrogen) atoms. The predicted molar refractivity (Wildman–Crippen MR) is 127 cm³/mol. The summed E-state index contributed by atoms with van der Waals surface area (Å²) in [7, 11) is 1.63. The third-order valence-electron chi connectivity index (χ3n) is 4.88. The van der Waals surface area contributed by atoms with E-state index in [2.05, 4.69) is 10.2 Å². The first-order valence-electron chi connectivity index (χ1n) is 10.8. The van der Waals surface area contributed by atoms with E-state index >= 15 is 0 Å². The van der Waals surface area contributed by atoms with E-state index < -0.39 is 0 Å². The summed E-state index contributed by atoms with van der Waals surface area (Å²) in [6.07, 6.45) is 0. The first-order chi connectivity index (χ1) is 15.6. The molecule has 0 heterocycles. The number of ether oxygens (including phenoxy) is 3. The van der Waals surface area contributed by atoms with Crippen molar-refractivity contribution in [1.82, 2.24) is 4.90 Å². The maximum absolute atomic E-state index is 12.8. The molecule has 0 aliphatic heterocycles. The van der Waals surface area contributed by atoms with Gasteiger partial charge in [-0.05, 0) is 55.4 Å². The Morgan fingerprint density at radius 1 is 0.906 bits per heavy atom. The molecule has 0 bridgehead atoms. The Hall–Kier alpha value is -3.51. The lowest BCUT2D eigenvalue weighted by Gasteiger charge is -2.21. The van der Waals surface area contributed by atoms with Crippen molar-refractivity contribution in [2.24, 2.45) is 0 Å². The van der Waals surface area contributed by atoms with Gasteiger partial charge in [0.2, 0.25) is 5.91 Å². The fourth-order valence-electron chi connectivity index (χ4n) is 3.29. The third-order valence-corrected chi connectivity index (χ3v) is 4.88. The molecule has 0 saturated heterocycles. The van der Waals surface area contributed by atoms with Gasteiger partial charge in [0.05, 0.1) is 25.9 Å². The number of nitrogens with one attached hydrogen (secondary N) is 1. The summed E-state index contributed by atoms with van der Waals surface area (Å²) in [6.45, 7) is 6.15. The van der Waals surface area contributed by atoms with Gasteiger partial charge in [-0.2, -0.15) is 0 Å². The molecule has 1 N–H and O–H groups in total. The van der Waals surface area contributed by atoms with Crippen molar-refractivity contribution in [3.8, 4) is 23.0 Å². The van der Waals surface area contributed by atoms with Crippen molar-refractivity contribution in [3.05, 3.63) is 78.4 Å². The lowest BCUT2D eigenvalue weighted by Crippen LogP contribution is -2.32. The van der Waals surface area contributed by atoms with Crippen LogP contribution >= 0.6 is 0 Å². The van der Waals surface area contributed by atoms with Crippen molar-refractivity contribution in [1.29, 1.82) is 0 Å². The third kappa shape index (κ3) is 6.49. The van der Waals surface area contributed by atoms with Crippen LogP contribution in [0.1, 0.15) is 19.4 Å². The summed E-state index contributed by atoms with van der Waals surface area (Å²) < 4.78 is 17.0. The Bertz CT molecular complexity index is 1010. The fourth-order valence-corrected chi connectivity index (χ4v) is 3.29. The molecule has 1 amide bonds. The Balaban J connectivity index is 1.64. The highest BCUT2D eigenvalue weighted by atomic mass is 16.5. The van der Waals surface area contributed by atoms with E-state index in [1.807, 2.05) is 86.6 Å². The number of para-hydroxylation sites is 3. The Kier molecular flexibility index (Phi) is 8.52. The molecule has 0 unspecified atom stereocenters. The molecule has 0 aliphatic rings. The second-order valence-corrected chi connectivity index (χ2v) is 7.18. The van der Waals surface area contributed by atoms with Crippen LogP contribution in [0.3, 0.4) is 0 Å². The van der Waals surface area contributed by atoms with Crippen molar-refractivity contribution >= 4 is 11.6 Å². The number of amides is 1. The largest absolute Gasteiger partial charge is 0.493 e. The van der Waals surface area contributed by atoms with E-state index in [1.54, 1.807) is 7.11 Å². The fraction of sp³-hybridized carbons (Fsp3) is 0.269. The smallest absolute Gasteiger partial charge is 0.238 e. The van der Waals surface area contributed by atoms with Crippen molar-refractivity contribution < 1.29 is 19.0 Å². The maximum atomic E-state index is 12.8. The molecule has 3 aromatic rings. The highest BCUT2D eigenvalue weighted by Gasteiger charge is 2.14. The van der Waals surface area contributed by atoms with Gasteiger partial charge in [-0.25, -0.2) is 0 Å². The number of rotatable bonds is 11. The number of hydrogen-bond acceptors (Lipinski definition) is 5. The number of likely N-dealkylation sites (N-methyl/N-ethyl adjacent to an activating group) is 1. The van der Waals surface area contributed by atoms with Crippen LogP contribution in [0.25, 0.3) is 0 Å². The van der Waals surface area contributed by atoms with Crippen molar-refractivity contribution in [2.45, 2.75) is 20.4 Å². The quantitative estimate of drug-likeness (QED) is 0.441. The topological polar surface area (TPSA) is 60.0 Å². The molecule has 6 nitrogen and oxygen atoms in total. The molecule has 0 atom stereocenters. The van der Waals surface area contributed by atoms with E-state index in [9.17, 15) is 4.79 Å². The normalized spacial score (nSPS) is 10.6. The number of carbonyl (C=O) groups excluding carboxylic acids is 1. The van der Waals surface area contributed by atoms with Gasteiger partial charge in [-0.3, -0.25) is 9.69 Å². The van der Waals surface area contributed by atoms with Crippen molar-refractivity contribution in [3.63, 3.8) is 0 Å². The van der Waals surface area contributed by atoms with Gasteiger partial charge in [-0.15, -0.1) is 0 Å². The summed E-state index contributed by atoms with van der Waals surface area (Å²) in [6, 6.07) is 22.8. The van der Waals surface area contributed by atoms with E-state index in [1.165, 1.54) is 0 Å². The number of nitrogens with zero attached hydrogens (tertiary/aromatic N) is 1. The van der Waals surface area contributed by atoms with Crippen LogP contribution in [-0.4, -0.2) is 37.6 Å². The van der Waals surface area contributed by atoms with E-state index in [0.29, 0.717) is 36.1 Å². The monoisotopic (exact) mass is 434 g/mol. The average Bonchev–Trinajstić information content (AvgIpc) is 2.81. The molecule has 0 radical (unpaired) electrons. The van der Waals surface area contributed by atoms with Gasteiger partial charge in [0.1, 0.15) is 5.75 Å². The van der Waals surface area contributed by atoms with E-state index in [4.69, 9.17) is 14.2 Å². The van der Waals surface area contributed by atoms with E-state index in [-0.39, 0.29) is 12.5 Å². The summed E-state index contributed by atoms with van der Waals surface area (Å²) in [5.41, 5.74) is 1.69. The Morgan fingerprint density at radius 3 is 2.38 bits per heavy atom. The summed E-state index contributed by atoms with van der Waals surface area (Å²) in [4.78, 5) is 14.8. The van der Waals surface area contributed by atoms with Gasteiger partial charge in [0, 0.05) is 6.54 Å². The van der Waals surface area contributed by atoms with Crippen LogP contribution in [0.5, 0.6) is 23.0 Å². The zero-order valence-electron chi connectivity index (χ0n) is 18.8. The van der Waals surface area contributed by atoms with Crippen LogP contribution in [0.4, 0.5) is 5.69 Å². The SMILES string of the molecule is CCOc1ccc(CN(CC)CC(=O)Nc2ccccc2Oc2ccccc2)cc1OC. The second kappa shape index (κ2) is 11.8. The zero-order valence-corrected chi connectivity index (χ0v) is 18.8. The van der Waals surface area contributed by atoms with Gasteiger partial charge in [-0.1, -0.05) is 43.3 Å². The minimum Gasteiger partial charge on any atom is -0.493 e. The first kappa shape index (κ1) is 23.2. The molecule has 3 rings (SSSR count). The van der Waals surface area contributed by atoms with Gasteiger partial charge in [0.15, 0.2) is 17.2 Å². The zero-order chi connectivity index (χ0) is 22.8. The number of benzene rings is 3. The molecule has 3 aromatic carbocycles. The summed E-state index contributed by atoms with van der Waals surface area (Å²) in [5.74, 6) is 2.63. The molecular weight excluding hydrogens is 404 g/mol. The van der Waals surface area contributed by atoms with Crippen LogP contribution < -0.4 is 19.5 Å². The van der Waals surface area contributed by atoms with Crippen LogP contribution in [0.2, 0.25) is 0 Å². The van der Waals surface area contributed by atoms with Gasteiger partial charge in [0.25, 0.3) is 0 Å². The lowest BCUT2D eigenvalue weighted by molar-refractivity contribution is -0.117. The standard InChI is InChI=1S/C26H30N2O4/c1-4-28(18-20-15-16-24(31-5-2)25(17-20)30-3)19-26(29)27-22-13-9-10-14-23(22)32-21-11-7-6-8-12-21/h6-17H,4-5,18-19H2,1-3H3,(H,27,29). The highest BCUT2D eigenvalue weighted by Crippen LogP contribution is 2.30. The molecule has 0 spiro atoms. The van der Waals surface area contributed by atoms with E-state index in [0.717, 1.165) is 17.9 Å². The number of carbonyl (C=O) groups is 1. The summed E-state index contributed by atoms with van der Waals surface area (Å²) >= 11 is 0. The molecule has 0 aliphatic carbocycles. The Morgan fingerprint density at radius 2 is 1.66 bits per heavy atom. The van der Waals surface area contributed by atoms with Crippen LogP contribution in [-0.2, 0) is 11.3 Å². The van der Waals surface area contributed by atoms with Gasteiger partial charge >= 0.3 is 0 Å². The minimum absolute atomic E-state index is 0.103. The molecule has 6 heteroatoms. The Labute approximate surface area is 189 Å². The first-order valence-corrected chi connectivity index (χ1v) is 10.8. The van der Waals surface area contributed by atoms with Crippen LogP contribution in [0, 0.1) is 0 Å². The highest BCUT2D eigenvalue weighted by molar-refractivity contribution is 5.93. The predicted octanol–water partition coefficient (Wildman–Crippen LogP) is 5.35. The van der Waals surface area contributed by atoms with Gasteiger partial charge < -0.3 is 19.5 Å². The molecule has 168 valence electrons. The lowest BCUT2D eigenvalue weighted by atomic mass is 10.2. The second-order valence-electron chi connectivity index (χ2n) is 7.18. The number of anilines is 1.